The number of nitrogens with one attached hydrogen (secondary N) is 1. The molecule has 2 heterocycles. The Morgan fingerprint density at radius 2 is 1.92 bits per heavy atom. The zero-order chi connectivity index (χ0) is 17.4. The number of aromatic nitrogens is 1. The third kappa shape index (κ3) is 3.06. The number of furan rings is 1. The van der Waals surface area contributed by atoms with Gasteiger partial charge in [-0.3, -0.25) is 10.1 Å². The molecule has 0 aliphatic rings. The van der Waals surface area contributed by atoms with Gasteiger partial charge in [-0.2, -0.15) is 0 Å². The lowest BCUT2D eigenvalue weighted by Gasteiger charge is -2.02. The summed E-state index contributed by atoms with van der Waals surface area (Å²) in [4.78, 5) is 16.9. The van der Waals surface area contributed by atoms with Crippen molar-refractivity contribution in [3.8, 4) is 11.3 Å². The first-order valence-corrected chi connectivity index (χ1v) is 8.81. The predicted molar refractivity (Wildman–Crippen MR) is 101 cm³/mol. The van der Waals surface area contributed by atoms with Gasteiger partial charge in [0.05, 0.1) is 5.69 Å². The molecule has 0 unspecified atom stereocenters. The normalized spacial score (nSPS) is 11.0. The summed E-state index contributed by atoms with van der Waals surface area (Å²) in [5, 5.41) is 6.21. The molecule has 0 fully saturated rings. The van der Waals surface area contributed by atoms with E-state index in [1.54, 1.807) is 6.07 Å². The van der Waals surface area contributed by atoms with Crippen LogP contribution in [0.3, 0.4) is 0 Å². The molecular weight excluding hydrogens is 332 g/mol. The third-order valence-electron chi connectivity index (χ3n) is 4.18. The summed E-state index contributed by atoms with van der Waals surface area (Å²) in [7, 11) is 0. The number of nitrogens with zero attached hydrogens (tertiary/aromatic N) is 1. The number of aryl methyl sites for hydroxylation is 2. The van der Waals surface area contributed by atoms with Crippen molar-refractivity contribution in [1.82, 2.24) is 4.98 Å². The van der Waals surface area contributed by atoms with Gasteiger partial charge in [0, 0.05) is 16.3 Å². The minimum Gasteiger partial charge on any atom is -0.451 e. The first-order chi connectivity index (χ1) is 12.1. The standard InChI is InChI=1S/C20H16N2O2S/c1-12-7-8-14(9-13(12)2)16-11-25-20(21-16)22-19(23)18-10-15-5-3-4-6-17(15)24-18/h3-11H,1-2H3,(H,21,22,23). The van der Waals surface area contributed by atoms with E-state index in [9.17, 15) is 4.79 Å². The summed E-state index contributed by atoms with van der Waals surface area (Å²) < 4.78 is 5.59. The van der Waals surface area contributed by atoms with Crippen molar-refractivity contribution in [2.24, 2.45) is 0 Å². The number of hydrogen-bond donors (Lipinski definition) is 1. The van der Waals surface area contributed by atoms with E-state index in [0.29, 0.717) is 10.7 Å². The molecule has 4 aromatic rings. The number of carbonyl (C=O) groups excluding carboxylic acids is 1. The average molecular weight is 348 g/mol. The molecule has 0 radical (unpaired) electrons. The van der Waals surface area contributed by atoms with Crippen molar-refractivity contribution in [2.45, 2.75) is 13.8 Å². The number of carbonyl (C=O) groups is 1. The maximum Gasteiger partial charge on any atom is 0.293 e. The fourth-order valence-electron chi connectivity index (χ4n) is 2.62. The summed E-state index contributed by atoms with van der Waals surface area (Å²) in [6.07, 6.45) is 0. The first kappa shape index (κ1) is 15.6. The van der Waals surface area contributed by atoms with Crippen molar-refractivity contribution in [1.29, 1.82) is 0 Å². The van der Waals surface area contributed by atoms with Gasteiger partial charge in [-0.25, -0.2) is 4.98 Å². The van der Waals surface area contributed by atoms with Crippen LogP contribution in [-0.4, -0.2) is 10.9 Å². The third-order valence-corrected chi connectivity index (χ3v) is 4.93. The molecule has 5 heteroatoms. The minimum atomic E-state index is -0.294. The van der Waals surface area contributed by atoms with Crippen LogP contribution in [0, 0.1) is 13.8 Å². The molecule has 0 aliphatic heterocycles. The summed E-state index contributed by atoms with van der Waals surface area (Å²) in [6, 6.07) is 15.5. The second-order valence-corrected chi connectivity index (χ2v) is 6.80. The lowest BCUT2D eigenvalue weighted by atomic mass is 10.1. The molecule has 2 aromatic heterocycles. The SMILES string of the molecule is Cc1ccc(-c2csc(NC(=O)c3cc4ccccc4o3)n2)cc1C. The number of hydrogen-bond acceptors (Lipinski definition) is 4. The molecule has 0 saturated carbocycles. The summed E-state index contributed by atoms with van der Waals surface area (Å²) in [5.41, 5.74) is 5.06. The molecule has 1 N–H and O–H groups in total. The molecule has 0 aliphatic carbocycles. The van der Waals surface area contributed by atoms with Crippen LogP contribution in [0.4, 0.5) is 5.13 Å². The average Bonchev–Trinajstić information content (AvgIpc) is 3.24. The zero-order valence-corrected chi connectivity index (χ0v) is 14.7. The first-order valence-electron chi connectivity index (χ1n) is 7.93. The highest BCUT2D eigenvalue weighted by Crippen LogP contribution is 2.27. The minimum absolute atomic E-state index is 0.282. The van der Waals surface area contributed by atoms with Crippen LogP contribution in [0.2, 0.25) is 0 Å². The Morgan fingerprint density at radius 3 is 2.72 bits per heavy atom. The van der Waals surface area contributed by atoms with Gasteiger partial charge in [-0.1, -0.05) is 30.3 Å². The van der Waals surface area contributed by atoms with Crippen molar-refractivity contribution >= 4 is 33.3 Å². The van der Waals surface area contributed by atoms with E-state index >= 15 is 0 Å². The highest BCUT2D eigenvalue weighted by molar-refractivity contribution is 7.14. The van der Waals surface area contributed by atoms with E-state index in [4.69, 9.17) is 4.42 Å². The van der Waals surface area contributed by atoms with E-state index in [-0.39, 0.29) is 11.7 Å². The van der Waals surface area contributed by atoms with Crippen LogP contribution in [0.5, 0.6) is 0 Å². The molecule has 2 aromatic carbocycles. The molecule has 0 saturated heterocycles. The highest BCUT2D eigenvalue weighted by atomic mass is 32.1. The van der Waals surface area contributed by atoms with E-state index < -0.39 is 0 Å². The van der Waals surface area contributed by atoms with Gasteiger partial charge in [-0.05, 0) is 43.2 Å². The van der Waals surface area contributed by atoms with Gasteiger partial charge in [0.25, 0.3) is 5.91 Å². The lowest BCUT2D eigenvalue weighted by molar-refractivity contribution is 0.0998. The summed E-state index contributed by atoms with van der Waals surface area (Å²) in [5.74, 6) is -0.0127. The zero-order valence-electron chi connectivity index (χ0n) is 13.9. The molecule has 4 rings (SSSR count). The van der Waals surface area contributed by atoms with Crippen LogP contribution >= 0.6 is 11.3 Å². The molecule has 0 bridgehead atoms. The quantitative estimate of drug-likeness (QED) is 0.537. The molecule has 0 spiro atoms. The van der Waals surface area contributed by atoms with Crippen molar-refractivity contribution in [3.63, 3.8) is 0 Å². The number of rotatable bonds is 3. The number of amides is 1. The van der Waals surface area contributed by atoms with Gasteiger partial charge in [0.15, 0.2) is 10.9 Å². The van der Waals surface area contributed by atoms with E-state index in [1.807, 2.05) is 35.7 Å². The summed E-state index contributed by atoms with van der Waals surface area (Å²) >= 11 is 1.40. The fourth-order valence-corrected chi connectivity index (χ4v) is 3.33. The van der Waals surface area contributed by atoms with Crippen molar-refractivity contribution in [2.75, 3.05) is 5.32 Å². The van der Waals surface area contributed by atoms with Gasteiger partial charge in [0.1, 0.15) is 5.58 Å². The summed E-state index contributed by atoms with van der Waals surface area (Å²) in [6.45, 7) is 4.16. The Kier molecular flexibility index (Phi) is 3.86. The second kappa shape index (κ2) is 6.18. The highest BCUT2D eigenvalue weighted by Gasteiger charge is 2.14. The van der Waals surface area contributed by atoms with Crippen molar-refractivity contribution in [3.05, 3.63) is 70.8 Å². The molecule has 0 atom stereocenters. The Balaban J connectivity index is 1.56. The maximum absolute atomic E-state index is 12.4. The fraction of sp³-hybridized carbons (Fsp3) is 0.100. The largest absolute Gasteiger partial charge is 0.451 e. The molecule has 25 heavy (non-hydrogen) atoms. The van der Waals surface area contributed by atoms with Crippen LogP contribution in [0.15, 0.2) is 58.3 Å². The second-order valence-electron chi connectivity index (χ2n) is 5.94. The van der Waals surface area contributed by atoms with Gasteiger partial charge < -0.3 is 4.42 Å². The smallest absolute Gasteiger partial charge is 0.293 e. The van der Waals surface area contributed by atoms with Gasteiger partial charge in [-0.15, -0.1) is 11.3 Å². The van der Waals surface area contributed by atoms with Crippen LogP contribution < -0.4 is 5.32 Å². The van der Waals surface area contributed by atoms with Crippen LogP contribution in [0.1, 0.15) is 21.7 Å². The van der Waals surface area contributed by atoms with E-state index in [2.05, 4.69) is 36.3 Å². The maximum atomic E-state index is 12.4. The predicted octanol–water partition coefficient (Wildman–Crippen LogP) is 5.43. The van der Waals surface area contributed by atoms with Crippen molar-refractivity contribution < 1.29 is 9.21 Å². The number of anilines is 1. The Morgan fingerprint density at radius 1 is 1.08 bits per heavy atom. The molecule has 124 valence electrons. The number of para-hydroxylation sites is 1. The topological polar surface area (TPSA) is 55.1 Å². The molecular formula is C20H16N2O2S. The number of thiazole rings is 1. The van der Waals surface area contributed by atoms with E-state index in [0.717, 1.165) is 16.6 Å². The Bertz CT molecular complexity index is 1050. The van der Waals surface area contributed by atoms with Crippen LogP contribution in [-0.2, 0) is 0 Å². The monoisotopic (exact) mass is 348 g/mol. The van der Waals surface area contributed by atoms with Gasteiger partial charge in [0.2, 0.25) is 0 Å². The van der Waals surface area contributed by atoms with E-state index in [1.165, 1.54) is 22.5 Å². The molecule has 4 nitrogen and oxygen atoms in total. The Labute approximate surface area is 149 Å². The molecule has 1 amide bonds. The number of benzene rings is 2. The van der Waals surface area contributed by atoms with Crippen LogP contribution in [0.25, 0.3) is 22.2 Å². The lowest BCUT2D eigenvalue weighted by Crippen LogP contribution is -2.10. The van der Waals surface area contributed by atoms with Gasteiger partial charge >= 0.3 is 0 Å². The number of fused-ring (bicyclic) bond motifs is 1. The Hall–Kier alpha value is -2.92.